The van der Waals surface area contributed by atoms with Crippen molar-refractivity contribution in [2.45, 2.75) is 6.54 Å². The Balaban J connectivity index is 1.41. The van der Waals surface area contributed by atoms with E-state index in [1.165, 1.54) is 10.6 Å². The van der Waals surface area contributed by atoms with Crippen LogP contribution in [0.25, 0.3) is 11.0 Å². The predicted molar refractivity (Wildman–Crippen MR) is 110 cm³/mol. The van der Waals surface area contributed by atoms with Gasteiger partial charge in [0.2, 0.25) is 0 Å². The van der Waals surface area contributed by atoms with Crippen LogP contribution in [0, 0.1) is 4.77 Å². The normalized spacial score (nSPS) is 15.4. The molecule has 1 aliphatic heterocycles. The van der Waals surface area contributed by atoms with Crippen LogP contribution in [0.15, 0.2) is 47.4 Å². The first-order valence-electron chi connectivity index (χ1n) is 9.04. The van der Waals surface area contributed by atoms with Gasteiger partial charge in [-0.15, -0.1) is 0 Å². The number of aromatic nitrogens is 3. The fourth-order valence-electron chi connectivity index (χ4n) is 3.56. The fourth-order valence-corrected chi connectivity index (χ4v) is 4.02. The molecular formula is C19H21ClN5OS+. The van der Waals surface area contributed by atoms with Crippen molar-refractivity contribution in [1.29, 1.82) is 0 Å². The molecule has 0 bridgehead atoms. The Morgan fingerprint density at radius 3 is 2.81 bits per heavy atom. The highest BCUT2D eigenvalue weighted by Gasteiger charge is 2.20. The van der Waals surface area contributed by atoms with E-state index in [0.29, 0.717) is 22.3 Å². The van der Waals surface area contributed by atoms with Crippen molar-refractivity contribution in [3.05, 3.63) is 62.7 Å². The van der Waals surface area contributed by atoms with Gasteiger partial charge < -0.3 is 14.8 Å². The summed E-state index contributed by atoms with van der Waals surface area (Å²) in [6.07, 6.45) is 1.65. The number of benzene rings is 1. The number of aromatic amines is 1. The highest BCUT2D eigenvalue weighted by atomic mass is 35.5. The maximum absolute atomic E-state index is 12.7. The number of rotatable bonds is 4. The number of pyridine rings is 1. The van der Waals surface area contributed by atoms with Crippen LogP contribution in [-0.4, -0.2) is 47.3 Å². The predicted octanol–water partition coefficient (Wildman–Crippen LogP) is 1.51. The number of piperazine rings is 1. The van der Waals surface area contributed by atoms with E-state index in [2.05, 4.69) is 20.9 Å². The maximum Gasteiger partial charge on any atom is 0.264 e. The van der Waals surface area contributed by atoms with Gasteiger partial charge in [-0.1, -0.05) is 17.7 Å². The van der Waals surface area contributed by atoms with Crippen molar-refractivity contribution in [2.75, 3.05) is 37.6 Å². The molecule has 6 nitrogen and oxygen atoms in total. The summed E-state index contributed by atoms with van der Waals surface area (Å²) in [6, 6.07) is 11.5. The quantitative estimate of drug-likeness (QED) is 0.649. The van der Waals surface area contributed by atoms with Crippen molar-refractivity contribution in [3.8, 4) is 0 Å². The molecule has 1 aliphatic rings. The van der Waals surface area contributed by atoms with Crippen molar-refractivity contribution in [2.24, 2.45) is 0 Å². The maximum atomic E-state index is 12.7. The summed E-state index contributed by atoms with van der Waals surface area (Å²) in [4.78, 5) is 23.8. The van der Waals surface area contributed by atoms with E-state index >= 15 is 0 Å². The molecule has 0 unspecified atom stereocenters. The van der Waals surface area contributed by atoms with Gasteiger partial charge in [-0.2, -0.15) is 0 Å². The van der Waals surface area contributed by atoms with Crippen LogP contribution in [-0.2, 0) is 6.54 Å². The second-order valence-corrected chi connectivity index (χ2v) is 7.58. The third kappa shape index (κ3) is 3.90. The number of quaternary nitrogens is 1. The first kappa shape index (κ1) is 18.2. The molecule has 0 aliphatic carbocycles. The van der Waals surface area contributed by atoms with E-state index in [1.54, 1.807) is 22.9 Å². The molecule has 3 heterocycles. The molecule has 4 rings (SSSR count). The van der Waals surface area contributed by atoms with Crippen molar-refractivity contribution < 1.29 is 4.90 Å². The second-order valence-electron chi connectivity index (χ2n) is 6.75. The molecule has 1 aromatic carbocycles. The molecule has 8 heteroatoms. The van der Waals surface area contributed by atoms with E-state index < -0.39 is 0 Å². The Labute approximate surface area is 167 Å². The first-order valence-corrected chi connectivity index (χ1v) is 9.82. The van der Waals surface area contributed by atoms with E-state index in [9.17, 15) is 4.79 Å². The van der Waals surface area contributed by atoms with Crippen LogP contribution in [0.3, 0.4) is 0 Å². The van der Waals surface area contributed by atoms with Gasteiger partial charge in [0.05, 0.1) is 44.7 Å². The topological polar surface area (TPSA) is 58.4 Å². The standard InChI is InChI=1S/C19H20ClN5OS/c20-14-3-1-4-15(13-14)24-10-7-23(8-11-24)9-12-25-18(26)16-5-2-6-21-17(16)22-19(25)27/h1-6,13H,7-12H2,(H,21,22,27)/p+1. The van der Waals surface area contributed by atoms with Crippen molar-refractivity contribution in [1.82, 2.24) is 14.5 Å². The van der Waals surface area contributed by atoms with Crippen LogP contribution >= 0.6 is 23.8 Å². The molecule has 0 atom stereocenters. The van der Waals surface area contributed by atoms with E-state index in [0.717, 1.165) is 37.7 Å². The minimum atomic E-state index is -0.0705. The summed E-state index contributed by atoms with van der Waals surface area (Å²) in [7, 11) is 0. The Morgan fingerprint density at radius 2 is 2.04 bits per heavy atom. The van der Waals surface area contributed by atoms with Gasteiger partial charge in [-0.25, -0.2) is 4.98 Å². The average Bonchev–Trinajstić information content (AvgIpc) is 2.68. The lowest BCUT2D eigenvalue weighted by molar-refractivity contribution is -0.901. The summed E-state index contributed by atoms with van der Waals surface area (Å²) in [6.45, 7) is 5.45. The van der Waals surface area contributed by atoms with Gasteiger partial charge in [0.15, 0.2) is 4.77 Å². The third-order valence-electron chi connectivity index (χ3n) is 5.09. The molecule has 1 saturated heterocycles. The van der Waals surface area contributed by atoms with Gasteiger partial charge in [0.25, 0.3) is 5.56 Å². The lowest BCUT2D eigenvalue weighted by Crippen LogP contribution is -3.15. The SMILES string of the molecule is O=c1c2cccnc2[nH]c(=S)n1CC[NH+]1CCN(c2cccc(Cl)c2)CC1. The summed E-state index contributed by atoms with van der Waals surface area (Å²) < 4.78 is 2.08. The fraction of sp³-hybridized carbons (Fsp3) is 0.316. The molecule has 2 N–H and O–H groups in total. The van der Waals surface area contributed by atoms with Crippen LogP contribution in [0.4, 0.5) is 5.69 Å². The average molecular weight is 403 g/mol. The molecule has 3 aromatic rings. The van der Waals surface area contributed by atoms with Crippen molar-refractivity contribution >= 4 is 40.5 Å². The monoisotopic (exact) mass is 402 g/mol. The third-order valence-corrected chi connectivity index (χ3v) is 5.64. The number of anilines is 1. The molecule has 27 heavy (non-hydrogen) atoms. The minimum absolute atomic E-state index is 0.0705. The highest BCUT2D eigenvalue weighted by molar-refractivity contribution is 7.71. The van der Waals surface area contributed by atoms with Gasteiger partial charge >= 0.3 is 0 Å². The number of fused-ring (bicyclic) bond motifs is 1. The number of hydrogen-bond acceptors (Lipinski definition) is 4. The summed E-state index contributed by atoms with van der Waals surface area (Å²) >= 11 is 11.5. The number of nitrogens with one attached hydrogen (secondary N) is 2. The Bertz CT molecular complexity index is 1070. The highest BCUT2D eigenvalue weighted by Crippen LogP contribution is 2.19. The Kier molecular flexibility index (Phi) is 5.24. The molecular weight excluding hydrogens is 382 g/mol. The Hall–Kier alpha value is -2.22. The molecule has 2 aromatic heterocycles. The molecule has 140 valence electrons. The van der Waals surface area contributed by atoms with Gasteiger partial charge in [-0.05, 0) is 42.5 Å². The van der Waals surface area contributed by atoms with Gasteiger partial charge in [0.1, 0.15) is 5.65 Å². The largest absolute Gasteiger partial charge is 0.360 e. The summed E-state index contributed by atoms with van der Waals surface area (Å²) in [5, 5.41) is 1.34. The smallest absolute Gasteiger partial charge is 0.264 e. The van der Waals surface area contributed by atoms with Gasteiger partial charge in [0, 0.05) is 16.9 Å². The molecule has 0 saturated carbocycles. The first-order chi connectivity index (χ1) is 13.1. The lowest BCUT2D eigenvalue weighted by Gasteiger charge is -2.33. The van der Waals surface area contributed by atoms with Crippen LogP contribution in [0.2, 0.25) is 5.02 Å². The summed E-state index contributed by atoms with van der Waals surface area (Å²) in [5.74, 6) is 0. The number of H-pyrrole nitrogens is 1. The molecule has 0 spiro atoms. The van der Waals surface area contributed by atoms with Crippen LogP contribution in [0.5, 0.6) is 0 Å². The molecule has 0 amide bonds. The zero-order valence-electron chi connectivity index (χ0n) is 14.8. The zero-order chi connectivity index (χ0) is 18.8. The molecule has 0 radical (unpaired) electrons. The zero-order valence-corrected chi connectivity index (χ0v) is 16.4. The van der Waals surface area contributed by atoms with Crippen LogP contribution < -0.4 is 15.4 Å². The molecule has 1 fully saturated rings. The Morgan fingerprint density at radius 1 is 1.22 bits per heavy atom. The number of hydrogen-bond donors (Lipinski definition) is 2. The lowest BCUT2D eigenvalue weighted by atomic mass is 10.2. The number of halogens is 1. The van der Waals surface area contributed by atoms with Crippen molar-refractivity contribution in [3.63, 3.8) is 0 Å². The minimum Gasteiger partial charge on any atom is -0.360 e. The van der Waals surface area contributed by atoms with Gasteiger partial charge in [-0.3, -0.25) is 9.36 Å². The summed E-state index contributed by atoms with van der Waals surface area (Å²) in [5.41, 5.74) is 1.65. The van der Waals surface area contributed by atoms with E-state index in [4.69, 9.17) is 23.8 Å². The van der Waals surface area contributed by atoms with E-state index in [-0.39, 0.29) is 5.56 Å². The van der Waals surface area contributed by atoms with E-state index in [1.807, 2.05) is 18.2 Å². The second kappa shape index (κ2) is 7.80. The number of nitrogens with zero attached hydrogens (tertiary/aromatic N) is 3. The van der Waals surface area contributed by atoms with Crippen LogP contribution in [0.1, 0.15) is 0 Å².